The van der Waals surface area contributed by atoms with Gasteiger partial charge in [-0.05, 0) is 110 Å². The fourth-order valence-corrected chi connectivity index (χ4v) is 8.34. The molecular weight excluding hydrogens is 537 g/mol. The van der Waals surface area contributed by atoms with Gasteiger partial charge in [0.1, 0.15) is 5.75 Å². The molecule has 4 aliphatic rings. The lowest BCUT2D eigenvalue weighted by Gasteiger charge is -2.43. The number of aromatic hydroxyl groups is 1. The van der Waals surface area contributed by atoms with E-state index < -0.39 is 13.0 Å². The maximum atomic E-state index is 14.0. The summed E-state index contributed by atoms with van der Waals surface area (Å²) in [4.78, 5) is 29.3. The van der Waals surface area contributed by atoms with Crippen LogP contribution in [0.3, 0.4) is 0 Å². The lowest BCUT2D eigenvalue weighted by atomic mass is 9.58. The quantitative estimate of drug-likeness (QED) is 0.161. The van der Waals surface area contributed by atoms with Gasteiger partial charge in [-0.3, -0.25) is 14.5 Å². The molecule has 2 aliphatic carbocycles. The highest BCUT2D eigenvalue weighted by Gasteiger charge is 2.58. The van der Waals surface area contributed by atoms with E-state index in [0.29, 0.717) is 31.3 Å². The molecule has 2 aliphatic heterocycles. The monoisotopic (exact) mass is 581 g/mol. The lowest BCUT2D eigenvalue weighted by Crippen LogP contribution is -2.46. The van der Waals surface area contributed by atoms with Gasteiger partial charge in [0, 0.05) is 6.04 Å². The molecule has 6 nitrogen and oxygen atoms in total. The summed E-state index contributed by atoms with van der Waals surface area (Å²) in [7, 11) is -0.964. The number of carbonyl (C=O) groups excluding carboxylic acids is 2. The van der Waals surface area contributed by atoms with Crippen LogP contribution in [0.25, 0.3) is 11.6 Å². The van der Waals surface area contributed by atoms with Crippen molar-refractivity contribution in [3.8, 4) is 5.75 Å². The second-order valence-corrected chi connectivity index (χ2v) is 13.1. The van der Waals surface area contributed by atoms with Crippen molar-refractivity contribution in [1.82, 2.24) is 4.90 Å². The average molecular weight is 582 g/mol. The molecule has 0 spiro atoms. The maximum Gasteiger partial charge on any atom is 0.455 e. The topological polar surface area (TPSA) is 87.1 Å². The average Bonchev–Trinajstić information content (AvgIpc) is 3.27. The molecule has 226 valence electrons. The van der Waals surface area contributed by atoms with E-state index in [9.17, 15) is 19.7 Å². The Morgan fingerprint density at radius 3 is 2.40 bits per heavy atom. The fraction of sp³-hybridized carbons (Fsp3) is 0.500. The first kappa shape index (κ1) is 29.9. The molecule has 7 heteroatoms. The molecule has 2 N–H and O–H groups in total. The molecule has 43 heavy (non-hydrogen) atoms. The number of rotatable bonds is 7. The van der Waals surface area contributed by atoms with Gasteiger partial charge in [0.05, 0.1) is 17.9 Å². The first-order valence-electron chi connectivity index (χ1n) is 16.2. The van der Waals surface area contributed by atoms with Crippen molar-refractivity contribution < 1.29 is 24.4 Å². The number of fused-ring (bicyclic) bond motifs is 3. The number of nitrogens with zero attached hydrogens (tertiary/aromatic N) is 1. The zero-order valence-electron chi connectivity index (χ0n) is 25.7. The van der Waals surface area contributed by atoms with E-state index >= 15 is 0 Å². The van der Waals surface area contributed by atoms with E-state index in [1.165, 1.54) is 12.0 Å². The van der Waals surface area contributed by atoms with Gasteiger partial charge in [-0.1, -0.05) is 68.2 Å². The molecule has 0 unspecified atom stereocenters. The van der Waals surface area contributed by atoms with Gasteiger partial charge in [-0.2, -0.15) is 0 Å². The Morgan fingerprint density at radius 2 is 1.72 bits per heavy atom. The van der Waals surface area contributed by atoms with E-state index in [1.54, 1.807) is 4.90 Å². The van der Waals surface area contributed by atoms with E-state index in [-0.39, 0.29) is 35.8 Å². The van der Waals surface area contributed by atoms with Gasteiger partial charge in [0.15, 0.2) is 0 Å². The van der Waals surface area contributed by atoms with Gasteiger partial charge in [-0.25, -0.2) is 0 Å². The number of imide groups is 1. The SMILES string of the molecule is CCC1=C2[C@@H](CC/C(=C/c3cc(C)c(O)c(C)c3)c3ccccc3)OB(O)C[C@@H]2[C@@H]2C(=O)N(C3CCCCC3)C(=O)[C@@H]2C1. The van der Waals surface area contributed by atoms with Gasteiger partial charge in [0.2, 0.25) is 11.8 Å². The highest BCUT2D eigenvalue weighted by Crippen LogP contribution is 2.52. The summed E-state index contributed by atoms with van der Waals surface area (Å²) in [6, 6.07) is 14.3. The summed E-state index contributed by atoms with van der Waals surface area (Å²) in [5, 5.41) is 21.3. The van der Waals surface area contributed by atoms with Crippen molar-refractivity contribution in [2.45, 2.75) is 97.0 Å². The molecule has 6 rings (SSSR count). The standard InChI is InChI=1S/C36H44BNO5/c1-4-25-20-29-33(36(41)38(35(29)40)28-13-9-6-10-14-28)30-21-37(42)43-31(32(25)30)16-15-27(26-11-7-5-8-12-26)19-24-17-22(2)34(39)23(3)18-24/h5,7-8,11-12,17-19,28-31,33,39,42H,4,6,9-10,13-16,20-21H2,1-3H3/b27-19-/t29-,30+,31-,33-/m1/s1. The summed E-state index contributed by atoms with van der Waals surface area (Å²) >= 11 is 0. The van der Waals surface area contributed by atoms with Crippen LogP contribution >= 0.6 is 0 Å². The molecule has 2 amide bonds. The highest BCUT2D eigenvalue weighted by atomic mass is 16.5. The number of carbonyl (C=O) groups is 2. The lowest BCUT2D eigenvalue weighted by molar-refractivity contribution is -0.143. The van der Waals surface area contributed by atoms with Crippen molar-refractivity contribution in [3.63, 3.8) is 0 Å². The van der Waals surface area contributed by atoms with Crippen LogP contribution in [0, 0.1) is 31.6 Å². The molecule has 1 saturated carbocycles. The maximum absolute atomic E-state index is 14.0. The van der Waals surface area contributed by atoms with Crippen LogP contribution in [-0.4, -0.2) is 46.1 Å². The number of aryl methyl sites for hydroxylation is 2. The van der Waals surface area contributed by atoms with Gasteiger partial charge < -0.3 is 14.8 Å². The number of phenolic OH excluding ortho intramolecular Hbond substituents is 1. The first-order valence-corrected chi connectivity index (χ1v) is 16.2. The smallest absolute Gasteiger partial charge is 0.455 e. The van der Waals surface area contributed by atoms with Gasteiger partial charge >= 0.3 is 7.12 Å². The molecule has 4 atom stereocenters. The number of hydrogen-bond acceptors (Lipinski definition) is 5. The summed E-state index contributed by atoms with van der Waals surface area (Å²) in [5.41, 5.74) is 7.36. The third-order valence-electron chi connectivity index (χ3n) is 10.4. The number of benzene rings is 2. The van der Waals surface area contributed by atoms with Crippen molar-refractivity contribution >= 4 is 30.6 Å². The van der Waals surface area contributed by atoms with Crippen LogP contribution in [0.1, 0.15) is 87.0 Å². The minimum absolute atomic E-state index is 0.0122. The van der Waals surface area contributed by atoms with Crippen molar-refractivity contribution in [2.75, 3.05) is 0 Å². The third-order valence-corrected chi connectivity index (χ3v) is 10.4. The van der Waals surface area contributed by atoms with Crippen molar-refractivity contribution in [3.05, 3.63) is 75.9 Å². The van der Waals surface area contributed by atoms with E-state index in [2.05, 4.69) is 25.1 Å². The third kappa shape index (κ3) is 5.74. The summed E-state index contributed by atoms with van der Waals surface area (Å²) in [5.74, 6) is -0.559. The fourth-order valence-electron chi connectivity index (χ4n) is 8.34. The Labute approximate surface area is 256 Å². The van der Waals surface area contributed by atoms with Crippen molar-refractivity contribution in [2.24, 2.45) is 17.8 Å². The van der Waals surface area contributed by atoms with E-state index in [1.807, 2.05) is 44.2 Å². The largest absolute Gasteiger partial charge is 0.507 e. The van der Waals surface area contributed by atoms with E-state index in [4.69, 9.17) is 4.65 Å². The summed E-state index contributed by atoms with van der Waals surface area (Å²) in [6.07, 6.45) is 10.2. The highest BCUT2D eigenvalue weighted by molar-refractivity contribution is 6.43. The van der Waals surface area contributed by atoms with Crippen LogP contribution in [0.4, 0.5) is 0 Å². The molecule has 2 heterocycles. The molecule has 0 bridgehead atoms. The van der Waals surface area contributed by atoms with Crippen molar-refractivity contribution in [1.29, 1.82) is 0 Å². The van der Waals surface area contributed by atoms with Crippen LogP contribution in [0.15, 0.2) is 53.6 Å². The summed E-state index contributed by atoms with van der Waals surface area (Å²) in [6.45, 7) is 5.96. The predicted octanol–water partition coefficient (Wildman–Crippen LogP) is 6.87. The molecule has 2 aromatic rings. The minimum atomic E-state index is -0.964. The Bertz CT molecular complexity index is 1420. The Hall–Kier alpha value is -3.16. The molecular formula is C36H44BNO5. The number of phenols is 1. The second kappa shape index (κ2) is 12.5. The molecule has 2 aromatic carbocycles. The molecule has 3 fully saturated rings. The number of amides is 2. The molecule has 0 aromatic heterocycles. The molecule has 0 radical (unpaired) electrons. The second-order valence-electron chi connectivity index (χ2n) is 13.1. The Kier molecular flexibility index (Phi) is 8.66. The zero-order valence-corrected chi connectivity index (χ0v) is 25.7. The summed E-state index contributed by atoms with van der Waals surface area (Å²) < 4.78 is 6.26. The Balaban J connectivity index is 1.30. The molecule has 2 saturated heterocycles. The van der Waals surface area contributed by atoms with Gasteiger partial charge in [0.25, 0.3) is 0 Å². The number of hydrogen-bond donors (Lipinski definition) is 2. The zero-order chi connectivity index (χ0) is 30.2. The normalized spacial score (nSPS) is 26.7. The van der Waals surface area contributed by atoms with Crippen LogP contribution in [0.5, 0.6) is 5.75 Å². The number of likely N-dealkylation sites (tertiary alicyclic amines) is 1. The number of allylic oxidation sites excluding steroid dienone is 2. The predicted molar refractivity (Wildman–Crippen MR) is 170 cm³/mol. The van der Waals surface area contributed by atoms with Crippen LogP contribution < -0.4 is 0 Å². The Morgan fingerprint density at radius 1 is 1.02 bits per heavy atom. The van der Waals surface area contributed by atoms with Crippen LogP contribution in [0.2, 0.25) is 6.32 Å². The minimum Gasteiger partial charge on any atom is -0.507 e. The van der Waals surface area contributed by atoms with Crippen LogP contribution in [-0.2, 0) is 14.2 Å². The van der Waals surface area contributed by atoms with Gasteiger partial charge in [-0.15, -0.1) is 0 Å². The van der Waals surface area contributed by atoms with E-state index in [0.717, 1.165) is 65.5 Å². The first-order chi connectivity index (χ1) is 20.8.